The van der Waals surface area contributed by atoms with Crippen LogP contribution in [0.3, 0.4) is 0 Å². The molecule has 0 spiro atoms. The van der Waals surface area contributed by atoms with Gasteiger partial charge in [-0.15, -0.1) is 0 Å². The summed E-state index contributed by atoms with van der Waals surface area (Å²) >= 11 is 0. The van der Waals surface area contributed by atoms with Gasteiger partial charge in [-0.1, -0.05) is 0 Å². The average Bonchev–Trinajstić information content (AvgIpc) is 2.62. The Hall–Kier alpha value is -1.36. The number of hydrogen-bond acceptors (Lipinski definition) is 3. The maximum absolute atomic E-state index is 12.6. The van der Waals surface area contributed by atoms with Crippen LogP contribution in [0.5, 0.6) is 0 Å². The monoisotopic (exact) mass is 265 g/mol. The summed E-state index contributed by atoms with van der Waals surface area (Å²) in [6, 6.07) is 0. The van der Waals surface area contributed by atoms with E-state index in [2.05, 4.69) is 5.10 Å². The standard InChI is InChI=1S/C14H23N3O2/c1-9-13(10(2)16(4)15-9)14(19)17-7-5-6-12(8-17)11(3)18/h11-12,18H,5-8H2,1-4H3. The minimum atomic E-state index is -0.355. The van der Waals surface area contributed by atoms with Gasteiger partial charge in [0.1, 0.15) is 0 Å². The Morgan fingerprint density at radius 3 is 2.68 bits per heavy atom. The molecule has 1 aromatic heterocycles. The predicted octanol–water partition coefficient (Wildman–Crippen LogP) is 1.27. The molecule has 0 bridgehead atoms. The lowest BCUT2D eigenvalue weighted by atomic mass is 9.93. The van der Waals surface area contributed by atoms with Gasteiger partial charge in [0.25, 0.3) is 5.91 Å². The van der Waals surface area contributed by atoms with Gasteiger partial charge in [0.15, 0.2) is 0 Å². The fourth-order valence-corrected chi connectivity index (χ4v) is 2.83. The van der Waals surface area contributed by atoms with E-state index in [1.54, 1.807) is 11.6 Å². The number of carbonyl (C=O) groups excluding carboxylic acids is 1. The van der Waals surface area contributed by atoms with Crippen molar-refractivity contribution in [2.45, 2.75) is 39.7 Å². The van der Waals surface area contributed by atoms with Crippen molar-refractivity contribution in [1.82, 2.24) is 14.7 Å². The molecule has 19 heavy (non-hydrogen) atoms. The molecule has 2 unspecified atom stereocenters. The molecule has 1 N–H and O–H groups in total. The molecule has 0 radical (unpaired) electrons. The zero-order valence-corrected chi connectivity index (χ0v) is 12.2. The van der Waals surface area contributed by atoms with Crippen LogP contribution in [0, 0.1) is 19.8 Å². The number of amides is 1. The zero-order chi connectivity index (χ0) is 14.2. The van der Waals surface area contributed by atoms with Crippen molar-refractivity contribution >= 4 is 5.91 Å². The van der Waals surface area contributed by atoms with E-state index in [1.807, 2.05) is 25.8 Å². The van der Waals surface area contributed by atoms with E-state index in [1.165, 1.54) is 0 Å². The zero-order valence-electron chi connectivity index (χ0n) is 12.2. The molecule has 0 aromatic carbocycles. The molecule has 2 atom stereocenters. The van der Waals surface area contributed by atoms with Crippen molar-refractivity contribution in [1.29, 1.82) is 0 Å². The quantitative estimate of drug-likeness (QED) is 0.876. The summed E-state index contributed by atoms with van der Waals surface area (Å²) in [5, 5.41) is 14.0. The van der Waals surface area contributed by atoms with E-state index >= 15 is 0 Å². The first kappa shape index (κ1) is 14.1. The van der Waals surface area contributed by atoms with E-state index in [9.17, 15) is 9.90 Å². The Morgan fingerprint density at radius 1 is 1.47 bits per heavy atom. The topological polar surface area (TPSA) is 58.4 Å². The number of aromatic nitrogens is 2. The first-order chi connectivity index (χ1) is 8.91. The third-order valence-corrected chi connectivity index (χ3v) is 4.15. The second-order valence-corrected chi connectivity index (χ2v) is 5.56. The average molecular weight is 265 g/mol. The van der Waals surface area contributed by atoms with Crippen LogP contribution in [0.2, 0.25) is 0 Å². The van der Waals surface area contributed by atoms with Crippen LogP contribution in [0.25, 0.3) is 0 Å². The van der Waals surface area contributed by atoms with Crippen molar-refractivity contribution in [2.75, 3.05) is 13.1 Å². The number of hydrogen-bond donors (Lipinski definition) is 1. The van der Waals surface area contributed by atoms with Gasteiger partial charge in [-0.2, -0.15) is 5.10 Å². The van der Waals surface area contributed by atoms with Gasteiger partial charge in [-0.25, -0.2) is 0 Å². The Balaban J connectivity index is 2.19. The van der Waals surface area contributed by atoms with E-state index in [-0.39, 0.29) is 17.9 Å². The maximum atomic E-state index is 12.6. The predicted molar refractivity (Wildman–Crippen MR) is 73.0 cm³/mol. The van der Waals surface area contributed by atoms with Gasteiger partial charge in [-0.3, -0.25) is 9.48 Å². The third-order valence-electron chi connectivity index (χ3n) is 4.15. The first-order valence-electron chi connectivity index (χ1n) is 6.89. The molecule has 5 nitrogen and oxygen atoms in total. The summed E-state index contributed by atoms with van der Waals surface area (Å²) in [4.78, 5) is 14.5. The molecule has 1 aromatic rings. The summed E-state index contributed by atoms with van der Waals surface area (Å²) in [5.41, 5.74) is 2.40. The van der Waals surface area contributed by atoms with Crippen LogP contribution in [-0.2, 0) is 7.05 Å². The highest BCUT2D eigenvalue weighted by Gasteiger charge is 2.29. The molecule has 1 aliphatic rings. The summed E-state index contributed by atoms with van der Waals surface area (Å²) in [6.07, 6.45) is 1.60. The Morgan fingerprint density at radius 2 is 2.16 bits per heavy atom. The highest BCUT2D eigenvalue weighted by molar-refractivity contribution is 5.96. The van der Waals surface area contributed by atoms with Crippen molar-refractivity contribution in [2.24, 2.45) is 13.0 Å². The fourth-order valence-electron chi connectivity index (χ4n) is 2.83. The first-order valence-corrected chi connectivity index (χ1v) is 6.89. The second kappa shape index (κ2) is 5.33. The number of carbonyl (C=O) groups is 1. The van der Waals surface area contributed by atoms with Crippen molar-refractivity contribution < 1.29 is 9.90 Å². The molecule has 0 aliphatic carbocycles. The normalized spacial score (nSPS) is 21.5. The summed E-state index contributed by atoms with van der Waals surface area (Å²) < 4.78 is 1.75. The molecule has 2 heterocycles. The summed E-state index contributed by atoms with van der Waals surface area (Å²) in [5.74, 6) is 0.239. The lowest BCUT2D eigenvalue weighted by molar-refractivity contribution is 0.0465. The van der Waals surface area contributed by atoms with Gasteiger partial charge < -0.3 is 10.0 Å². The molecule has 1 amide bonds. The van der Waals surface area contributed by atoms with Crippen LogP contribution in [0.15, 0.2) is 0 Å². The highest BCUT2D eigenvalue weighted by atomic mass is 16.3. The third kappa shape index (κ3) is 2.66. The van der Waals surface area contributed by atoms with Gasteiger partial charge in [0, 0.05) is 31.7 Å². The van der Waals surface area contributed by atoms with E-state index in [0.717, 1.165) is 30.8 Å². The van der Waals surface area contributed by atoms with Gasteiger partial charge in [-0.05, 0) is 33.6 Å². The van der Waals surface area contributed by atoms with E-state index in [0.29, 0.717) is 12.1 Å². The van der Waals surface area contributed by atoms with Crippen molar-refractivity contribution in [3.63, 3.8) is 0 Å². The van der Waals surface area contributed by atoms with Crippen molar-refractivity contribution in [3.8, 4) is 0 Å². The van der Waals surface area contributed by atoms with E-state index < -0.39 is 0 Å². The molecule has 1 saturated heterocycles. The molecule has 1 fully saturated rings. The van der Waals surface area contributed by atoms with Crippen LogP contribution in [-0.4, -0.2) is 44.9 Å². The number of rotatable bonds is 2. The van der Waals surface area contributed by atoms with Crippen LogP contribution < -0.4 is 0 Å². The highest BCUT2D eigenvalue weighted by Crippen LogP contribution is 2.23. The number of likely N-dealkylation sites (tertiary alicyclic amines) is 1. The lowest BCUT2D eigenvalue weighted by Gasteiger charge is -2.34. The number of aryl methyl sites for hydroxylation is 2. The SMILES string of the molecule is Cc1nn(C)c(C)c1C(=O)N1CCCC(C(C)O)C1. The number of aliphatic hydroxyl groups excluding tert-OH is 1. The molecule has 5 heteroatoms. The Labute approximate surface area is 114 Å². The lowest BCUT2D eigenvalue weighted by Crippen LogP contribution is -2.43. The summed E-state index contributed by atoms with van der Waals surface area (Å²) in [6.45, 7) is 7.01. The second-order valence-electron chi connectivity index (χ2n) is 5.56. The minimum Gasteiger partial charge on any atom is -0.393 e. The van der Waals surface area contributed by atoms with Gasteiger partial charge in [0.05, 0.1) is 17.4 Å². The van der Waals surface area contributed by atoms with Gasteiger partial charge in [0.2, 0.25) is 0 Å². The van der Waals surface area contributed by atoms with Crippen LogP contribution in [0.1, 0.15) is 41.5 Å². The van der Waals surface area contributed by atoms with Crippen LogP contribution >= 0.6 is 0 Å². The molecular weight excluding hydrogens is 242 g/mol. The van der Waals surface area contributed by atoms with Crippen molar-refractivity contribution in [3.05, 3.63) is 17.0 Å². The largest absolute Gasteiger partial charge is 0.393 e. The Bertz CT molecular complexity index is 479. The molecule has 2 rings (SSSR count). The fraction of sp³-hybridized carbons (Fsp3) is 0.714. The minimum absolute atomic E-state index is 0.0495. The van der Waals surface area contributed by atoms with Crippen LogP contribution in [0.4, 0.5) is 0 Å². The van der Waals surface area contributed by atoms with E-state index in [4.69, 9.17) is 0 Å². The molecule has 0 saturated carbocycles. The van der Waals surface area contributed by atoms with Gasteiger partial charge >= 0.3 is 0 Å². The smallest absolute Gasteiger partial charge is 0.257 e. The number of piperidine rings is 1. The Kier molecular flexibility index (Phi) is 3.94. The number of nitrogens with zero attached hydrogens (tertiary/aromatic N) is 3. The maximum Gasteiger partial charge on any atom is 0.257 e. The molecule has 106 valence electrons. The molecule has 1 aliphatic heterocycles. The number of aliphatic hydroxyl groups is 1. The summed E-state index contributed by atoms with van der Waals surface area (Å²) in [7, 11) is 1.86. The molecular formula is C14H23N3O2.